The third kappa shape index (κ3) is 5.62. The molecule has 2 rings (SSSR count). The van der Waals surface area contributed by atoms with Gasteiger partial charge in [-0.1, -0.05) is 29.3 Å². The van der Waals surface area contributed by atoms with Crippen molar-refractivity contribution in [2.24, 2.45) is 0 Å². The summed E-state index contributed by atoms with van der Waals surface area (Å²) < 4.78 is 0. The normalized spacial score (nSPS) is 16.3. The largest absolute Gasteiger partial charge is 0.325 e. The van der Waals surface area contributed by atoms with E-state index in [-0.39, 0.29) is 5.91 Å². The zero-order valence-electron chi connectivity index (χ0n) is 13.9. The highest BCUT2D eigenvalue weighted by Gasteiger charge is 2.18. The molecule has 0 bridgehead atoms. The molecular formula is C18H27N3O. The van der Waals surface area contributed by atoms with Gasteiger partial charge in [0.25, 0.3) is 0 Å². The maximum Gasteiger partial charge on any atom is 0.238 e. The number of nitrogens with one attached hydrogen (secondary N) is 1. The predicted octanol–water partition coefficient (Wildman–Crippen LogP) is 2.52. The molecule has 4 heteroatoms. The summed E-state index contributed by atoms with van der Waals surface area (Å²) in [6.07, 6.45) is 2.26. The van der Waals surface area contributed by atoms with Crippen molar-refractivity contribution in [2.75, 3.05) is 44.6 Å². The molecule has 1 fully saturated rings. The number of amides is 1. The van der Waals surface area contributed by atoms with Crippen molar-refractivity contribution in [3.63, 3.8) is 0 Å². The number of carbonyl (C=O) groups excluding carboxylic acids is 1. The summed E-state index contributed by atoms with van der Waals surface area (Å²) in [4.78, 5) is 16.7. The van der Waals surface area contributed by atoms with Gasteiger partial charge in [0.2, 0.25) is 5.91 Å². The molecule has 1 heterocycles. The van der Waals surface area contributed by atoms with Crippen molar-refractivity contribution in [3.05, 3.63) is 41.5 Å². The van der Waals surface area contributed by atoms with Crippen LogP contribution in [0.15, 0.2) is 35.9 Å². The molecule has 1 aliphatic rings. The first kappa shape index (κ1) is 16.7. The molecule has 22 heavy (non-hydrogen) atoms. The van der Waals surface area contributed by atoms with Crippen LogP contribution in [0, 0.1) is 6.92 Å². The number of rotatable bonds is 5. The first-order valence-corrected chi connectivity index (χ1v) is 7.97. The van der Waals surface area contributed by atoms with Crippen LogP contribution in [0.25, 0.3) is 0 Å². The molecule has 0 radical (unpaired) electrons. The van der Waals surface area contributed by atoms with Crippen molar-refractivity contribution in [1.82, 2.24) is 9.80 Å². The molecule has 0 spiro atoms. The summed E-state index contributed by atoms with van der Waals surface area (Å²) in [5, 5.41) is 2.96. The topological polar surface area (TPSA) is 35.6 Å². The Morgan fingerprint density at radius 1 is 1.09 bits per heavy atom. The lowest BCUT2D eigenvalue weighted by Gasteiger charge is -2.33. The van der Waals surface area contributed by atoms with E-state index in [1.54, 1.807) is 0 Å². The molecule has 4 nitrogen and oxygen atoms in total. The number of anilines is 1. The van der Waals surface area contributed by atoms with Crippen LogP contribution >= 0.6 is 0 Å². The Balaban J connectivity index is 1.72. The second kappa shape index (κ2) is 8.11. The average Bonchev–Trinajstić information content (AvgIpc) is 2.49. The lowest BCUT2D eigenvalue weighted by molar-refractivity contribution is -0.117. The van der Waals surface area contributed by atoms with Gasteiger partial charge in [-0.05, 0) is 32.9 Å². The van der Waals surface area contributed by atoms with Gasteiger partial charge in [-0.3, -0.25) is 14.6 Å². The molecule has 0 aliphatic carbocycles. The van der Waals surface area contributed by atoms with Gasteiger partial charge in [0.05, 0.1) is 6.54 Å². The number of hydrogen-bond donors (Lipinski definition) is 1. The maximum absolute atomic E-state index is 12.1. The Morgan fingerprint density at radius 2 is 1.68 bits per heavy atom. The van der Waals surface area contributed by atoms with Crippen molar-refractivity contribution in [3.8, 4) is 0 Å². The van der Waals surface area contributed by atoms with Gasteiger partial charge in [0.1, 0.15) is 0 Å². The van der Waals surface area contributed by atoms with Gasteiger partial charge in [0, 0.05) is 38.4 Å². The van der Waals surface area contributed by atoms with E-state index in [1.807, 2.05) is 31.2 Å². The predicted molar refractivity (Wildman–Crippen MR) is 92.1 cm³/mol. The minimum Gasteiger partial charge on any atom is -0.325 e. The molecule has 0 unspecified atom stereocenters. The minimum atomic E-state index is 0.0709. The highest BCUT2D eigenvalue weighted by Crippen LogP contribution is 2.09. The Labute approximate surface area is 133 Å². The van der Waals surface area contributed by atoms with Crippen LogP contribution in [0.4, 0.5) is 5.69 Å². The lowest BCUT2D eigenvalue weighted by Crippen LogP contribution is -2.48. The first-order valence-electron chi connectivity index (χ1n) is 7.97. The third-order valence-electron chi connectivity index (χ3n) is 3.93. The van der Waals surface area contributed by atoms with Crippen molar-refractivity contribution < 1.29 is 4.79 Å². The van der Waals surface area contributed by atoms with Gasteiger partial charge in [-0.25, -0.2) is 0 Å². The molecule has 1 aromatic carbocycles. The summed E-state index contributed by atoms with van der Waals surface area (Å²) in [7, 11) is 0. The van der Waals surface area contributed by atoms with Gasteiger partial charge in [-0.15, -0.1) is 0 Å². The summed E-state index contributed by atoms with van der Waals surface area (Å²) in [6, 6.07) is 7.92. The van der Waals surface area contributed by atoms with E-state index in [4.69, 9.17) is 0 Å². The number of carbonyl (C=O) groups is 1. The van der Waals surface area contributed by atoms with Crippen LogP contribution in [-0.4, -0.2) is 55.0 Å². The van der Waals surface area contributed by atoms with Crippen LogP contribution in [-0.2, 0) is 4.79 Å². The van der Waals surface area contributed by atoms with Crippen LogP contribution in [0.5, 0.6) is 0 Å². The molecule has 1 aromatic rings. The second-order valence-corrected chi connectivity index (χ2v) is 6.27. The number of benzene rings is 1. The van der Waals surface area contributed by atoms with E-state index in [2.05, 4.69) is 35.0 Å². The molecule has 1 amide bonds. The van der Waals surface area contributed by atoms with E-state index in [0.717, 1.165) is 38.4 Å². The lowest BCUT2D eigenvalue weighted by atomic mass is 10.2. The number of piperazine rings is 1. The molecular weight excluding hydrogens is 274 g/mol. The molecule has 0 atom stereocenters. The molecule has 1 N–H and O–H groups in total. The number of allylic oxidation sites excluding steroid dienone is 1. The number of aryl methyl sites for hydroxylation is 1. The van der Waals surface area contributed by atoms with Gasteiger partial charge < -0.3 is 5.32 Å². The van der Waals surface area contributed by atoms with Crippen molar-refractivity contribution in [2.45, 2.75) is 20.8 Å². The first-order chi connectivity index (χ1) is 10.5. The minimum absolute atomic E-state index is 0.0709. The van der Waals surface area contributed by atoms with Gasteiger partial charge in [0.15, 0.2) is 0 Å². The monoisotopic (exact) mass is 301 g/mol. The van der Waals surface area contributed by atoms with E-state index < -0.39 is 0 Å². The van der Waals surface area contributed by atoms with Crippen LogP contribution in [0.2, 0.25) is 0 Å². The standard InChI is InChI=1S/C18H27N3O/c1-15(2)8-9-20-10-12-21(13-11-20)14-18(22)19-17-6-4-16(3)5-7-17/h4-8H,9-14H2,1-3H3,(H,19,22). The number of hydrogen-bond acceptors (Lipinski definition) is 3. The quantitative estimate of drug-likeness (QED) is 0.849. The Morgan fingerprint density at radius 3 is 2.27 bits per heavy atom. The van der Waals surface area contributed by atoms with Gasteiger partial charge >= 0.3 is 0 Å². The zero-order valence-corrected chi connectivity index (χ0v) is 13.9. The van der Waals surface area contributed by atoms with Crippen LogP contribution < -0.4 is 5.32 Å². The molecule has 0 saturated carbocycles. The molecule has 1 aliphatic heterocycles. The number of nitrogens with zero attached hydrogens (tertiary/aromatic N) is 2. The maximum atomic E-state index is 12.1. The second-order valence-electron chi connectivity index (χ2n) is 6.27. The summed E-state index contributed by atoms with van der Waals surface area (Å²) in [5.41, 5.74) is 3.43. The van der Waals surface area contributed by atoms with E-state index >= 15 is 0 Å². The fourth-order valence-corrected chi connectivity index (χ4v) is 2.48. The zero-order chi connectivity index (χ0) is 15.9. The third-order valence-corrected chi connectivity index (χ3v) is 3.93. The van der Waals surface area contributed by atoms with Crippen molar-refractivity contribution in [1.29, 1.82) is 0 Å². The highest BCUT2D eigenvalue weighted by atomic mass is 16.2. The smallest absolute Gasteiger partial charge is 0.238 e. The van der Waals surface area contributed by atoms with Gasteiger partial charge in [-0.2, -0.15) is 0 Å². The Hall–Kier alpha value is -1.65. The Kier molecular flexibility index (Phi) is 6.16. The van der Waals surface area contributed by atoms with Crippen molar-refractivity contribution >= 4 is 11.6 Å². The van der Waals surface area contributed by atoms with E-state index in [1.165, 1.54) is 11.1 Å². The van der Waals surface area contributed by atoms with E-state index in [9.17, 15) is 4.79 Å². The summed E-state index contributed by atoms with van der Waals surface area (Å²) in [5.74, 6) is 0.0709. The van der Waals surface area contributed by atoms with Crippen LogP contribution in [0.1, 0.15) is 19.4 Å². The van der Waals surface area contributed by atoms with Crippen LogP contribution in [0.3, 0.4) is 0 Å². The molecule has 120 valence electrons. The summed E-state index contributed by atoms with van der Waals surface area (Å²) in [6.45, 7) is 11.8. The fraction of sp³-hybridized carbons (Fsp3) is 0.500. The fourth-order valence-electron chi connectivity index (χ4n) is 2.48. The van der Waals surface area contributed by atoms with E-state index in [0.29, 0.717) is 6.54 Å². The molecule has 1 saturated heterocycles. The highest BCUT2D eigenvalue weighted by molar-refractivity contribution is 5.92. The SMILES string of the molecule is CC(C)=CCN1CCN(CC(=O)Nc2ccc(C)cc2)CC1. The molecule has 0 aromatic heterocycles. The average molecular weight is 301 g/mol. The summed E-state index contributed by atoms with van der Waals surface area (Å²) >= 11 is 0. The Bertz CT molecular complexity index is 510.